The quantitative estimate of drug-likeness (QED) is 0.629. The number of benzene rings is 2. The highest BCUT2D eigenvalue weighted by atomic mass is 31.1. The van der Waals surface area contributed by atoms with E-state index in [1.165, 1.54) is 0 Å². The van der Waals surface area contributed by atoms with Crippen molar-refractivity contribution in [2.24, 2.45) is 0 Å². The summed E-state index contributed by atoms with van der Waals surface area (Å²) in [5.74, 6) is 0.792. The molecule has 0 aliphatic carbocycles. The van der Waals surface area contributed by atoms with E-state index < -0.39 is 7.80 Å². The first kappa shape index (κ1) is 14.2. The fraction of sp³-hybridized carbons (Fsp3) is 0.294. The predicted molar refractivity (Wildman–Crippen MR) is 84.5 cm³/mol. The van der Waals surface area contributed by atoms with Gasteiger partial charge < -0.3 is 9.47 Å². The molecule has 2 unspecified atom stereocenters. The molecule has 0 radical (unpaired) electrons. The summed E-state index contributed by atoms with van der Waals surface area (Å²) in [5.41, 5.74) is 2.00. The number of aryl methyl sites for hydroxylation is 1. The van der Waals surface area contributed by atoms with Gasteiger partial charge in [0.05, 0.1) is 6.61 Å². The van der Waals surface area contributed by atoms with Crippen LogP contribution in [0.5, 0.6) is 5.75 Å². The first-order chi connectivity index (χ1) is 10.2. The van der Waals surface area contributed by atoms with Gasteiger partial charge in [-0.05, 0) is 32.0 Å². The van der Waals surface area contributed by atoms with E-state index in [0.717, 1.165) is 34.1 Å². The molecule has 2 atom stereocenters. The Morgan fingerprint density at radius 2 is 1.86 bits per heavy atom. The van der Waals surface area contributed by atoms with Crippen molar-refractivity contribution >= 4 is 18.4 Å². The van der Waals surface area contributed by atoms with E-state index in [0.29, 0.717) is 6.61 Å². The summed E-state index contributed by atoms with van der Waals surface area (Å²) in [7, 11) is -1.60. The number of rotatable bonds is 5. The van der Waals surface area contributed by atoms with Gasteiger partial charge in [0, 0.05) is 11.1 Å². The van der Waals surface area contributed by atoms with E-state index in [-0.39, 0.29) is 6.10 Å². The molecule has 108 valence electrons. The summed E-state index contributed by atoms with van der Waals surface area (Å²) in [6, 6.07) is 13.5. The Kier molecular flexibility index (Phi) is 4.05. The van der Waals surface area contributed by atoms with E-state index >= 15 is 0 Å². The third-order valence-electron chi connectivity index (χ3n) is 3.64. The van der Waals surface area contributed by atoms with E-state index in [1.54, 1.807) is 0 Å². The molecule has 1 saturated heterocycles. The second-order valence-electron chi connectivity index (χ2n) is 5.25. The zero-order chi connectivity index (χ0) is 14.8. The van der Waals surface area contributed by atoms with Crippen LogP contribution < -0.4 is 15.3 Å². The minimum Gasteiger partial charge on any atom is -0.490 e. The van der Waals surface area contributed by atoms with Crippen LogP contribution in [0.15, 0.2) is 42.5 Å². The lowest BCUT2D eigenvalue weighted by molar-refractivity contribution is 0.262. The number of hydrogen-bond acceptors (Lipinski definition) is 3. The monoisotopic (exact) mass is 301 g/mol. The molecule has 0 bridgehead atoms. The molecule has 1 aliphatic heterocycles. The molecule has 0 saturated carbocycles. The van der Waals surface area contributed by atoms with E-state index in [2.05, 4.69) is 0 Å². The molecule has 1 aliphatic rings. The minimum absolute atomic E-state index is 0.221. The summed E-state index contributed by atoms with van der Waals surface area (Å²) in [4.78, 5) is 0. The van der Waals surface area contributed by atoms with Crippen LogP contribution in [0, 0.1) is 13.8 Å². The van der Waals surface area contributed by atoms with Crippen LogP contribution in [0.3, 0.4) is 0 Å². The van der Waals surface area contributed by atoms with E-state index in [1.807, 2.05) is 56.3 Å². The van der Waals surface area contributed by atoms with Crippen LogP contribution in [-0.2, 0) is 9.30 Å². The van der Waals surface area contributed by atoms with Crippen LogP contribution in [0.2, 0.25) is 0 Å². The van der Waals surface area contributed by atoms with E-state index in [4.69, 9.17) is 9.47 Å². The van der Waals surface area contributed by atoms with Crippen LogP contribution in [0.4, 0.5) is 0 Å². The topological polar surface area (TPSA) is 38.8 Å². The normalized spacial score (nSPS) is 17.4. The molecular formula is C17H18O3P+. The van der Waals surface area contributed by atoms with Crippen molar-refractivity contribution in [3.8, 4) is 5.75 Å². The largest absolute Gasteiger partial charge is 0.490 e. The van der Waals surface area contributed by atoms with Gasteiger partial charge in [-0.1, -0.05) is 28.8 Å². The third-order valence-corrected chi connectivity index (χ3v) is 5.50. The van der Waals surface area contributed by atoms with Crippen molar-refractivity contribution in [3.05, 3.63) is 53.6 Å². The number of hydrogen-bond donors (Lipinski definition) is 0. The number of ether oxygens (including phenoxy) is 2. The molecule has 0 spiro atoms. The van der Waals surface area contributed by atoms with Gasteiger partial charge >= 0.3 is 7.80 Å². The summed E-state index contributed by atoms with van der Waals surface area (Å²) >= 11 is 0. The highest BCUT2D eigenvalue weighted by Crippen LogP contribution is 2.28. The Balaban J connectivity index is 1.89. The summed E-state index contributed by atoms with van der Waals surface area (Å²) < 4.78 is 23.8. The lowest BCUT2D eigenvalue weighted by Crippen LogP contribution is -2.14. The smallest absolute Gasteiger partial charge is 0.416 e. The molecule has 0 amide bonds. The van der Waals surface area contributed by atoms with Gasteiger partial charge in [0.15, 0.2) is 5.30 Å². The van der Waals surface area contributed by atoms with Gasteiger partial charge in [-0.25, -0.2) is 0 Å². The Morgan fingerprint density at radius 1 is 1.14 bits per heavy atom. The first-order valence-corrected chi connectivity index (χ1v) is 8.29. The predicted octanol–water partition coefficient (Wildman–Crippen LogP) is 2.86. The summed E-state index contributed by atoms with van der Waals surface area (Å²) in [6.07, 6.45) is 0.221. The molecule has 0 aromatic heterocycles. The fourth-order valence-corrected chi connectivity index (χ4v) is 3.76. The van der Waals surface area contributed by atoms with Gasteiger partial charge in [0.2, 0.25) is 5.30 Å². The number of epoxide rings is 1. The highest BCUT2D eigenvalue weighted by Gasteiger charge is 2.29. The average Bonchev–Trinajstić information content (AvgIpc) is 3.30. The Morgan fingerprint density at radius 3 is 2.57 bits per heavy atom. The maximum absolute atomic E-state index is 12.9. The third kappa shape index (κ3) is 3.15. The fourth-order valence-electron chi connectivity index (χ4n) is 2.25. The van der Waals surface area contributed by atoms with Crippen LogP contribution in [0.1, 0.15) is 11.1 Å². The standard InChI is InChI=1S/C17H18O3P/c1-12-6-3-4-8-16(12)21(18)17-9-5-7-15(13(17)2)20-11-14-10-19-14/h3-9,14H,10-11H2,1-2H3/q+1. The lowest BCUT2D eigenvalue weighted by atomic mass is 10.2. The Hall–Kier alpha value is -1.70. The van der Waals surface area contributed by atoms with Crippen LogP contribution in [0.25, 0.3) is 0 Å². The highest BCUT2D eigenvalue weighted by molar-refractivity contribution is 7.61. The molecule has 0 N–H and O–H groups in total. The van der Waals surface area contributed by atoms with Gasteiger partial charge in [0.1, 0.15) is 18.5 Å². The molecule has 1 fully saturated rings. The summed E-state index contributed by atoms with van der Waals surface area (Å²) in [6.45, 7) is 5.29. The van der Waals surface area contributed by atoms with Gasteiger partial charge in [-0.3, -0.25) is 0 Å². The van der Waals surface area contributed by atoms with Crippen LogP contribution >= 0.6 is 7.80 Å². The second kappa shape index (κ2) is 5.97. The molecule has 4 heteroatoms. The zero-order valence-electron chi connectivity index (χ0n) is 12.2. The average molecular weight is 301 g/mol. The SMILES string of the molecule is Cc1ccccc1[P+](=O)c1cccc(OCC2CO2)c1C. The summed E-state index contributed by atoms with van der Waals surface area (Å²) in [5, 5.41) is 1.73. The Bertz CT molecular complexity index is 677. The van der Waals surface area contributed by atoms with Crippen molar-refractivity contribution in [3.63, 3.8) is 0 Å². The van der Waals surface area contributed by atoms with Crippen molar-refractivity contribution < 1.29 is 14.0 Å². The minimum atomic E-state index is -1.60. The molecule has 2 aromatic rings. The van der Waals surface area contributed by atoms with Gasteiger partial charge in [-0.15, -0.1) is 0 Å². The van der Waals surface area contributed by atoms with Gasteiger partial charge in [0.25, 0.3) is 0 Å². The maximum atomic E-state index is 12.9. The lowest BCUT2D eigenvalue weighted by Gasteiger charge is -2.07. The van der Waals surface area contributed by atoms with Gasteiger partial charge in [-0.2, -0.15) is 0 Å². The van der Waals surface area contributed by atoms with Crippen molar-refractivity contribution in [2.75, 3.05) is 13.2 Å². The first-order valence-electron chi connectivity index (χ1n) is 7.03. The van der Waals surface area contributed by atoms with Crippen molar-refractivity contribution in [2.45, 2.75) is 20.0 Å². The van der Waals surface area contributed by atoms with Crippen LogP contribution in [-0.4, -0.2) is 19.3 Å². The molecule has 21 heavy (non-hydrogen) atoms. The molecule has 3 nitrogen and oxygen atoms in total. The molecule has 1 heterocycles. The molecular weight excluding hydrogens is 283 g/mol. The second-order valence-corrected chi connectivity index (χ2v) is 6.80. The zero-order valence-corrected chi connectivity index (χ0v) is 13.1. The molecule has 3 rings (SSSR count). The maximum Gasteiger partial charge on any atom is 0.416 e. The van der Waals surface area contributed by atoms with Crippen molar-refractivity contribution in [1.29, 1.82) is 0 Å². The van der Waals surface area contributed by atoms with Crippen molar-refractivity contribution in [1.82, 2.24) is 0 Å². The Labute approximate surface area is 125 Å². The molecule has 2 aromatic carbocycles. The van der Waals surface area contributed by atoms with E-state index in [9.17, 15) is 4.57 Å².